The van der Waals surface area contributed by atoms with E-state index in [1.54, 1.807) is 11.4 Å². The molecule has 4 nitrogen and oxygen atoms in total. The first-order valence-corrected chi connectivity index (χ1v) is 5.44. The molecule has 1 aliphatic rings. The maximum atomic E-state index is 11.3. The van der Waals surface area contributed by atoms with Crippen molar-refractivity contribution in [1.82, 2.24) is 9.62 Å². The van der Waals surface area contributed by atoms with Crippen LogP contribution in [0.2, 0.25) is 0 Å². The van der Waals surface area contributed by atoms with E-state index in [4.69, 9.17) is 0 Å². The first kappa shape index (κ1) is 10.1. The Labute approximate surface area is 75.5 Å². The average Bonchev–Trinajstić information content (AvgIpc) is 2.48. The van der Waals surface area contributed by atoms with Gasteiger partial charge in [0.2, 0.25) is 0 Å². The molecule has 0 spiro atoms. The lowest BCUT2D eigenvalue weighted by Gasteiger charge is -2.24. The molecule has 3 atom stereocenters. The molecule has 1 aliphatic heterocycles. The number of aliphatic hydroxyl groups is 1. The molecule has 2 N–H and O–H groups in total. The Kier molecular flexibility index (Phi) is 3.64. The number of rotatable bonds is 3. The molecular weight excluding hydrogens is 176 g/mol. The van der Waals surface area contributed by atoms with Gasteiger partial charge in [0, 0.05) is 25.9 Å². The van der Waals surface area contributed by atoms with Gasteiger partial charge in [0.05, 0.1) is 23.1 Å². The molecule has 72 valence electrons. The Hall–Kier alpha value is 0.0300. The van der Waals surface area contributed by atoms with E-state index in [1.165, 1.54) is 0 Å². The number of β-amino-alcohol motifs (C(OH)–C–C–N with tert-alkyl or cyclic N) is 1. The van der Waals surface area contributed by atoms with Crippen LogP contribution in [0.4, 0.5) is 0 Å². The van der Waals surface area contributed by atoms with Gasteiger partial charge >= 0.3 is 0 Å². The van der Waals surface area contributed by atoms with Gasteiger partial charge in [-0.15, -0.1) is 0 Å². The third-order valence-corrected chi connectivity index (χ3v) is 3.59. The zero-order chi connectivity index (χ0) is 9.14. The van der Waals surface area contributed by atoms with Crippen molar-refractivity contribution >= 4 is 11.0 Å². The van der Waals surface area contributed by atoms with Gasteiger partial charge in [-0.3, -0.25) is 0 Å². The van der Waals surface area contributed by atoms with Crippen LogP contribution in [0.25, 0.3) is 0 Å². The van der Waals surface area contributed by atoms with E-state index < -0.39 is 11.0 Å². The summed E-state index contributed by atoms with van der Waals surface area (Å²) in [6, 6.07) is 0.00535. The average molecular weight is 192 g/mol. The predicted molar refractivity (Wildman–Crippen MR) is 49.1 cm³/mol. The van der Waals surface area contributed by atoms with Crippen molar-refractivity contribution in [3.8, 4) is 0 Å². The molecule has 0 aromatic rings. The van der Waals surface area contributed by atoms with Crippen molar-refractivity contribution < 1.29 is 9.32 Å². The van der Waals surface area contributed by atoms with E-state index in [0.717, 1.165) is 6.54 Å². The van der Waals surface area contributed by atoms with E-state index in [-0.39, 0.29) is 12.1 Å². The highest BCUT2D eigenvalue weighted by molar-refractivity contribution is 7.82. The SMILES string of the molecule is CCS(=O)N(C)[C@@H]1CNC[C@H]1O. The third kappa shape index (κ3) is 2.04. The minimum Gasteiger partial charge on any atom is -0.390 e. The van der Waals surface area contributed by atoms with Crippen molar-refractivity contribution in [1.29, 1.82) is 0 Å². The van der Waals surface area contributed by atoms with Gasteiger partial charge in [-0.25, -0.2) is 8.51 Å². The lowest BCUT2D eigenvalue weighted by molar-refractivity contribution is 0.139. The second-order valence-corrected chi connectivity index (χ2v) is 4.75. The highest BCUT2D eigenvalue weighted by Crippen LogP contribution is 2.09. The van der Waals surface area contributed by atoms with Gasteiger partial charge in [0.25, 0.3) is 0 Å². The minimum atomic E-state index is -0.949. The predicted octanol–water partition coefficient (Wildman–Crippen LogP) is -1.07. The maximum absolute atomic E-state index is 11.3. The maximum Gasteiger partial charge on any atom is 0.0941 e. The summed E-state index contributed by atoms with van der Waals surface area (Å²) in [7, 11) is 0.843. The number of nitrogens with zero attached hydrogens (tertiary/aromatic N) is 1. The third-order valence-electron chi connectivity index (χ3n) is 2.19. The standard InChI is InChI=1S/C7H16N2O2S/c1-3-12(11)9(2)6-4-8-5-7(6)10/h6-8,10H,3-5H2,1-2H3/t6-,7-,12?/m1/s1. The second-order valence-electron chi connectivity index (χ2n) is 2.95. The van der Waals surface area contributed by atoms with Crippen LogP contribution >= 0.6 is 0 Å². The topological polar surface area (TPSA) is 52.6 Å². The quantitative estimate of drug-likeness (QED) is 0.599. The Morgan fingerprint density at radius 1 is 1.67 bits per heavy atom. The fourth-order valence-electron chi connectivity index (χ4n) is 1.38. The molecule has 0 aliphatic carbocycles. The molecule has 0 aromatic carbocycles. The summed E-state index contributed by atoms with van der Waals surface area (Å²) >= 11 is 0. The molecular formula is C7H16N2O2S. The van der Waals surface area contributed by atoms with E-state index >= 15 is 0 Å². The Bertz CT molecular complexity index is 177. The summed E-state index contributed by atoms with van der Waals surface area (Å²) in [5.74, 6) is 0.611. The van der Waals surface area contributed by atoms with Crippen LogP contribution in [0, 0.1) is 0 Å². The van der Waals surface area contributed by atoms with Gasteiger partial charge in [-0.05, 0) is 0 Å². The number of nitrogens with one attached hydrogen (secondary N) is 1. The lowest BCUT2D eigenvalue weighted by Crippen LogP contribution is -2.42. The first-order chi connectivity index (χ1) is 5.66. The number of aliphatic hydroxyl groups excluding tert-OH is 1. The molecule has 0 saturated carbocycles. The number of hydrogen-bond donors (Lipinski definition) is 2. The van der Waals surface area contributed by atoms with Crippen molar-refractivity contribution in [3.05, 3.63) is 0 Å². The summed E-state index contributed by atoms with van der Waals surface area (Å²) in [5, 5.41) is 12.5. The molecule has 5 heteroatoms. The molecule has 0 amide bonds. The van der Waals surface area contributed by atoms with Crippen LogP contribution in [-0.4, -0.2) is 51.7 Å². The van der Waals surface area contributed by atoms with Gasteiger partial charge in [-0.1, -0.05) is 6.92 Å². The van der Waals surface area contributed by atoms with Crippen LogP contribution in [-0.2, 0) is 11.0 Å². The summed E-state index contributed by atoms with van der Waals surface area (Å²) in [4.78, 5) is 0. The molecule has 0 aromatic heterocycles. The van der Waals surface area contributed by atoms with E-state index in [1.807, 2.05) is 6.92 Å². The van der Waals surface area contributed by atoms with Crippen LogP contribution in [0.1, 0.15) is 6.92 Å². The van der Waals surface area contributed by atoms with Gasteiger partial charge in [0.1, 0.15) is 0 Å². The van der Waals surface area contributed by atoms with Crippen molar-refractivity contribution in [3.63, 3.8) is 0 Å². The van der Waals surface area contributed by atoms with Gasteiger partial charge in [-0.2, -0.15) is 0 Å². The van der Waals surface area contributed by atoms with Crippen LogP contribution < -0.4 is 5.32 Å². The normalized spacial score (nSPS) is 32.7. The molecule has 1 rings (SSSR count). The molecule has 1 saturated heterocycles. The van der Waals surface area contributed by atoms with E-state index in [9.17, 15) is 9.32 Å². The monoisotopic (exact) mass is 192 g/mol. The van der Waals surface area contributed by atoms with Crippen LogP contribution in [0.3, 0.4) is 0 Å². The number of hydrogen-bond acceptors (Lipinski definition) is 3. The van der Waals surface area contributed by atoms with Crippen molar-refractivity contribution in [2.24, 2.45) is 0 Å². The smallest absolute Gasteiger partial charge is 0.0941 e. The van der Waals surface area contributed by atoms with Gasteiger partial charge < -0.3 is 10.4 Å². The number of likely N-dealkylation sites (N-methyl/N-ethyl adjacent to an activating group) is 1. The van der Waals surface area contributed by atoms with Crippen LogP contribution in [0.15, 0.2) is 0 Å². The fourth-order valence-corrected chi connectivity index (χ4v) is 2.30. The summed E-state index contributed by atoms with van der Waals surface area (Å²) in [6.07, 6.45) is -0.384. The molecule has 0 radical (unpaired) electrons. The molecule has 1 heterocycles. The Balaban J connectivity index is 2.51. The van der Waals surface area contributed by atoms with Gasteiger partial charge in [0.15, 0.2) is 0 Å². The zero-order valence-electron chi connectivity index (χ0n) is 7.49. The Morgan fingerprint density at radius 2 is 2.33 bits per heavy atom. The lowest BCUT2D eigenvalue weighted by atomic mass is 10.2. The molecule has 12 heavy (non-hydrogen) atoms. The second kappa shape index (κ2) is 4.32. The van der Waals surface area contributed by atoms with E-state index in [2.05, 4.69) is 5.32 Å². The summed E-state index contributed by atoms with van der Waals surface area (Å²) < 4.78 is 13.1. The highest BCUT2D eigenvalue weighted by atomic mass is 32.2. The summed E-state index contributed by atoms with van der Waals surface area (Å²) in [5.41, 5.74) is 0. The molecule has 1 fully saturated rings. The minimum absolute atomic E-state index is 0.00535. The van der Waals surface area contributed by atoms with E-state index in [0.29, 0.717) is 12.3 Å². The first-order valence-electron chi connectivity index (χ1n) is 4.17. The molecule has 0 bridgehead atoms. The largest absolute Gasteiger partial charge is 0.390 e. The zero-order valence-corrected chi connectivity index (χ0v) is 8.30. The van der Waals surface area contributed by atoms with Crippen molar-refractivity contribution in [2.45, 2.75) is 19.1 Å². The molecule has 1 unspecified atom stereocenters. The fraction of sp³-hybridized carbons (Fsp3) is 1.00. The highest BCUT2D eigenvalue weighted by Gasteiger charge is 2.30. The van der Waals surface area contributed by atoms with Crippen LogP contribution in [0.5, 0.6) is 0 Å². The summed E-state index contributed by atoms with van der Waals surface area (Å²) in [6.45, 7) is 3.21. The van der Waals surface area contributed by atoms with Crippen molar-refractivity contribution in [2.75, 3.05) is 25.9 Å². The Morgan fingerprint density at radius 3 is 2.75 bits per heavy atom.